The summed E-state index contributed by atoms with van der Waals surface area (Å²) in [7, 11) is 1.66. The minimum absolute atomic E-state index is 0.0117. The van der Waals surface area contributed by atoms with E-state index in [0.29, 0.717) is 13.0 Å². The summed E-state index contributed by atoms with van der Waals surface area (Å²) in [5.41, 5.74) is 1.44. The first-order valence-electron chi connectivity index (χ1n) is 14.2. The van der Waals surface area contributed by atoms with E-state index in [-0.39, 0.29) is 31.6 Å². The monoisotopic (exact) mass is 577 g/mol. The molecule has 0 bridgehead atoms. The van der Waals surface area contributed by atoms with Crippen LogP contribution in [0.25, 0.3) is 0 Å². The zero-order chi connectivity index (χ0) is 30.7. The number of carbonyl (C=O) groups excluding carboxylic acids is 4. The summed E-state index contributed by atoms with van der Waals surface area (Å²) in [4.78, 5) is 55.5. The Hall–Kier alpha value is -4.02. The van der Waals surface area contributed by atoms with Crippen LogP contribution in [0.4, 0.5) is 0 Å². The standard InChI is InChI=1S/C32H43N5O5/c1-23(33-5)29(39)35-28(32(2,3)4)30(40)34-20-27(38)37-19-18-36(17-16-24-12-8-6-9-13-24)31(41)26(37)22-42-21-25-14-10-7-11-15-25/h6-15,18-19,23,26,28,33H,16-17,20-22H2,1-5H3,(H,34,40)(H,35,39)/t23-,26-,28+/m0/s1. The van der Waals surface area contributed by atoms with Crippen LogP contribution in [0.15, 0.2) is 73.1 Å². The van der Waals surface area contributed by atoms with E-state index in [0.717, 1.165) is 11.1 Å². The molecule has 0 aliphatic carbocycles. The number of nitrogens with one attached hydrogen (secondary N) is 3. The molecule has 10 heteroatoms. The van der Waals surface area contributed by atoms with Gasteiger partial charge in [-0.25, -0.2) is 0 Å². The summed E-state index contributed by atoms with van der Waals surface area (Å²) >= 11 is 0. The molecule has 0 fully saturated rings. The highest BCUT2D eigenvalue weighted by Gasteiger charge is 2.37. The molecule has 226 valence electrons. The summed E-state index contributed by atoms with van der Waals surface area (Å²) < 4.78 is 5.89. The lowest BCUT2D eigenvalue weighted by molar-refractivity contribution is -0.146. The molecule has 42 heavy (non-hydrogen) atoms. The van der Waals surface area contributed by atoms with Gasteiger partial charge in [0.1, 0.15) is 12.1 Å². The fourth-order valence-electron chi connectivity index (χ4n) is 4.42. The predicted octanol–water partition coefficient (Wildman–Crippen LogP) is 2.21. The maximum atomic E-state index is 13.6. The van der Waals surface area contributed by atoms with Crippen molar-refractivity contribution in [2.45, 2.75) is 58.8 Å². The molecule has 1 aliphatic rings. The molecule has 1 aliphatic heterocycles. The van der Waals surface area contributed by atoms with E-state index in [1.165, 1.54) is 4.90 Å². The van der Waals surface area contributed by atoms with Crippen molar-refractivity contribution in [3.63, 3.8) is 0 Å². The topological polar surface area (TPSA) is 120 Å². The third kappa shape index (κ3) is 9.25. The Morgan fingerprint density at radius 2 is 1.55 bits per heavy atom. The van der Waals surface area contributed by atoms with Gasteiger partial charge in [0, 0.05) is 18.9 Å². The van der Waals surface area contributed by atoms with E-state index in [9.17, 15) is 19.2 Å². The minimum Gasteiger partial charge on any atom is -0.374 e. The van der Waals surface area contributed by atoms with Gasteiger partial charge in [0.2, 0.25) is 17.7 Å². The van der Waals surface area contributed by atoms with Crippen LogP contribution in [-0.4, -0.2) is 78.3 Å². The van der Waals surface area contributed by atoms with Crippen molar-refractivity contribution >= 4 is 23.6 Å². The number of hydrogen-bond donors (Lipinski definition) is 3. The molecule has 3 N–H and O–H groups in total. The van der Waals surface area contributed by atoms with Crippen molar-refractivity contribution in [1.29, 1.82) is 0 Å². The van der Waals surface area contributed by atoms with Gasteiger partial charge in [-0.1, -0.05) is 81.4 Å². The molecular formula is C32H43N5O5. The quantitative estimate of drug-likeness (QED) is 0.336. The minimum atomic E-state index is -0.895. The molecule has 0 saturated carbocycles. The summed E-state index contributed by atoms with van der Waals surface area (Å²) in [6.07, 6.45) is 3.82. The molecule has 1 heterocycles. The first-order chi connectivity index (χ1) is 20.0. The van der Waals surface area contributed by atoms with E-state index in [1.807, 2.05) is 81.4 Å². The molecule has 0 unspecified atom stereocenters. The Labute approximate surface area is 248 Å². The van der Waals surface area contributed by atoms with Crippen LogP contribution in [0.5, 0.6) is 0 Å². The van der Waals surface area contributed by atoms with Gasteiger partial charge < -0.3 is 30.5 Å². The Balaban J connectivity index is 1.70. The van der Waals surface area contributed by atoms with Gasteiger partial charge >= 0.3 is 0 Å². The summed E-state index contributed by atoms with van der Waals surface area (Å²) in [6, 6.07) is 17.2. The number of likely N-dealkylation sites (N-methyl/N-ethyl adjacent to an activating group) is 1. The summed E-state index contributed by atoms with van der Waals surface area (Å²) in [5, 5.41) is 8.28. The average molecular weight is 578 g/mol. The van der Waals surface area contributed by atoms with Gasteiger partial charge in [-0.2, -0.15) is 0 Å². The smallest absolute Gasteiger partial charge is 0.252 e. The second kappa shape index (κ2) is 15.3. The molecule has 3 atom stereocenters. The molecule has 10 nitrogen and oxygen atoms in total. The van der Waals surface area contributed by atoms with Crippen molar-refractivity contribution in [2.24, 2.45) is 5.41 Å². The Kier molecular flexibility index (Phi) is 11.8. The third-order valence-corrected chi connectivity index (χ3v) is 7.13. The highest BCUT2D eigenvalue weighted by Crippen LogP contribution is 2.20. The number of carbonyl (C=O) groups is 4. The van der Waals surface area contributed by atoms with Gasteiger partial charge in [0.15, 0.2) is 0 Å². The first-order valence-corrected chi connectivity index (χ1v) is 14.2. The maximum Gasteiger partial charge on any atom is 0.252 e. The van der Waals surface area contributed by atoms with Crippen LogP contribution in [0, 0.1) is 5.41 Å². The maximum absolute atomic E-state index is 13.6. The van der Waals surface area contributed by atoms with Gasteiger partial charge in [-0.15, -0.1) is 0 Å². The van der Waals surface area contributed by atoms with Crippen molar-refractivity contribution in [1.82, 2.24) is 25.8 Å². The highest BCUT2D eigenvalue weighted by atomic mass is 16.5. The lowest BCUT2D eigenvalue weighted by atomic mass is 9.86. The van der Waals surface area contributed by atoms with Crippen LogP contribution >= 0.6 is 0 Å². The largest absolute Gasteiger partial charge is 0.374 e. The van der Waals surface area contributed by atoms with Crippen molar-refractivity contribution in [3.05, 3.63) is 84.2 Å². The van der Waals surface area contributed by atoms with Crippen molar-refractivity contribution in [2.75, 3.05) is 26.7 Å². The highest BCUT2D eigenvalue weighted by molar-refractivity contribution is 5.94. The van der Waals surface area contributed by atoms with E-state index < -0.39 is 35.4 Å². The molecular weight excluding hydrogens is 534 g/mol. The van der Waals surface area contributed by atoms with Crippen LogP contribution in [0.2, 0.25) is 0 Å². The lowest BCUT2D eigenvalue weighted by Crippen LogP contribution is -2.58. The number of ether oxygens (including phenoxy) is 1. The zero-order valence-corrected chi connectivity index (χ0v) is 25.1. The van der Waals surface area contributed by atoms with E-state index in [4.69, 9.17) is 4.74 Å². The van der Waals surface area contributed by atoms with Crippen LogP contribution in [0.1, 0.15) is 38.8 Å². The fraction of sp³-hybridized carbons (Fsp3) is 0.438. The van der Waals surface area contributed by atoms with Gasteiger partial charge in [-0.3, -0.25) is 19.2 Å². The Bertz CT molecular complexity index is 1230. The molecule has 2 aromatic carbocycles. The lowest BCUT2D eigenvalue weighted by Gasteiger charge is -2.36. The van der Waals surface area contributed by atoms with Crippen LogP contribution in [0.3, 0.4) is 0 Å². The van der Waals surface area contributed by atoms with Crippen molar-refractivity contribution < 1.29 is 23.9 Å². The number of nitrogens with zero attached hydrogens (tertiary/aromatic N) is 2. The number of rotatable bonds is 13. The number of benzene rings is 2. The average Bonchev–Trinajstić information content (AvgIpc) is 2.98. The zero-order valence-electron chi connectivity index (χ0n) is 25.1. The molecule has 0 spiro atoms. The van der Waals surface area contributed by atoms with Crippen LogP contribution < -0.4 is 16.0 Å². The van der Waals surface area contributed by atoms with E-state index in [1.54, 1.807) is 31.3 Å². The van der Waals surface area contributed by atoms with Gasteiger partial charge in [0.05, 0.1) is 25.8 Å². The second-order valence-corrected chi connectivity index (χ2v) is 11.4. The molecule has 0 saturated heterocycles. The van der Waals surface area contributed by atoms with E-state index in [2.05, 4.69) is 16.0 Å². The number of amides is 4. The molecule has 3 rings (SSSR count). The predicted molar refractivity (Wildman–Crippen MR) is 161 cm³/mol. The fourth-order valence-corrected chi connectivity index (χ4v) is 4.42. The number of hydrogen-bond acceptors (Lipinski definition) is 6. The molecule has 4 amide bonds. The summed E-state index contributed by atoms with van der Waals surface area (Å²) in [6.45, 7) is 7.57. The SMILES string of the molecule is CN[C@@H](C)C(=O)N[C@H](C(=O)NCC(=O)N1C=CN(CCc2ccccc2)C(=O)[C@@H]1COCc1ccccc1)C(C)(C)C. The van der Waals surface area contributed by atoms with E-state index >= 15 is 0 Å². The molecule has 0 radical (unpaired) electrons. The Morgan fingerprint density at radius 1 is 0.929 bits per heavy atom. The molecule has 0 aromatic heterocycles. The third-order valence-electron chi connectivity index (χ3n) is 7.13. The Morgan fingerprint density at radius 3 is 2.14 bits per heavy atom. The summed E-state index contributed by atoms with van der Waals surface area (Å²) in [5.74, 6) is -1.54. The molecule has 2 aromatic rings. The first kappa shape index (κ1) is 32.5. The van der Waals surface area contributed by atoms with Gasteiger partial charge in [0.25, 0.3) is 5.91 Å². The van der Waals surface area contributed by atoms with Crippen molar-refractivity contribution in [3.8, 4) is 0 Å². The van der Waals surface area contributed by atoms with Crippen LogP contribution in [-0.2, 0) is 36.9 Å². The second-order valence-electron chi connectivity index (χ2n) is 11.4. The normalized spacial score (nSPS) is 16.6. The van der Waals surface area contributed by atoms with Gasteiger partial charge in [-0.05, 0) is 36.9 Å².